The fourth-order valence-corrected chi connectivity index (χ4v) is 4.95. The maximum atomic E-state index is 12.3. The molecule has 0 aromatic carbocycles. The topological polar surface area (TPSA) is 140 Å². The van der Waals surface area contributed by atoms with Crippen LogP contribution in [0, 0.1) is 5.92 Å². The van der Waals surface area contributed by atoms with Crippen LogP contribution in [0.15, 0.2) is 48.6 Å². The van der Waals surface area contributed by atoms with Crippen LogP contribution in [0.5, 0.6) is 0 Å². The van der Waals surface area contributed by atoms with Crippen molar-refractivity contribution in [1.82, 2.24) is 0 Å². The van der Waals surface area contributed by atoms with Gasteiger partial charge >= 0.3 is 19.8 Å². The fourth-order valence-electron chi connectivity index (χ4n) is 4.59. The lowest BCUT2D eigenvalue weighted by atomic mass is 10.0. The minimum absolute atomic E-state index is 0.122. The number of hydrogen-bond acceptors (Lipinski definition) is 7. The van der Waals surface area contributed by atoms with E-state index in [0.717, 1.165) is 63.7 Å². The molecule has 2 atom stereocenters. The van der Waals surface area contributed by atoms with Gasteiger partial charge in [0.25, 0.3) is 0 Å². The molecule has 272 valence electrons. The zero-order valence-electron chi connectivity index (χ0n) is 29.4. The molecule has 0 aliphatic carbocycles. The predicted octanol–water partition coefficient (Wildman–Crippen LogP) is 9.22. The highest BCUT2D eigenvalue weighted by molar-refractivity contribution is 7.46. The summed E-state index contributed by atoms with van der Waals surface area (Å²) in [7, 11) is -4.77. The highest BCUT2D eigenvalue weighted by atomic mass is 31.2. The van der Waals surface area contributed by atoms with Gasteiger partial charge in [0.05, 0.1) is 12.7 Å². The van der Waals surface area contributed by atoms with Crippen molar-refractivity contribution in [3.8, 4) is 0 Å². The van der Waals surface area contributed by atoms with Gasteiger partial charge in [-0.05, 0) is 63.7 Å². The van der Waals surface area contributed by atoms with E-state index in [1.54, 1.807) is 0 Å². The van der Waals surface area contributed by atoms with Gasteiger partial charge in [-0.15, -0.1) is 0 Å². The second kappa shape index (κ2) is 31.3. The largest absolute Gasteiger partial charge is 0.469 e. The minimum Gasteiger partial charge on any atom is -0.462 e. The number of unbranched alkanes of at least 4 members (excludes halogenated alkanes) is 8. The summed E-state index contributed by atoms with van der Waals surface area (Å²) in [5, 5.41) is 9.52. The molecule has 47 heavy (non-hydrogen) atoms. The Balaban J connectivity index is 4.13. The number of phosphoric ester groups is 1. The third kappa shape index (κ3) is 35.1. The molecule has 0 rings (SSSR count). The minimum atomic E-state index is -4.77. The highest BCUT2D eigenvalue weighted by Gasteiger charge is 2.22. The molecule has 0 amide bonds. The van der Waals surface area contributed by atoms with E-state index in [2.05, 4.69) is 54.8 Å². The van der Waals surface area contributed by atoms with Crippen molar-refractivity contribution >= 4 is 19.8 Å². The molecule has 0 radical (unpaired) electrons. The summed E-state index contributed by atoms with van der Waals surface area (Å²) in [5.41, 5.74) is 0. The number of ether oxygens (including phenoxy) is 2. The average Bonchev–Trinajstić information content (AvgIpc) is 3.02. The summed E-state index contributed by atoms with van der Waals surface area (Å²) in [6.45, 7) is 5.61. The van der Waals surface area contributed by atoms with E-state index in [4.69, 9.17) is 19.3 Å². The van der Waals surface area contributed by atoms with E-state index in [0.29, 0.717) is 19.3 Å². The summed E-state index contributed by atoms with van der Waals surface area (Å²) < 4.78 is 26.2. The number of aliphatic hydroxyl groups is 1. The zero-order chi connectivity index (χ0) is 35.0. The van der Waals surface area contributed by atoms with Gasteiger partial charge in [0.2, 0.25) is 0 Å². The number of hydrogen-bond donors (Lipinski definition) is 3. The first-order valence-corrected chi connectivity index (χ1v) is 19.4. The van der Waals surface area contributed by atoms with Crippen molar-refractivity contribution in [1.29, 1.82) is 0 Å². The number of allylic oxidation sites excluding steroid dienone is 8. The van der Waals surface area contributed by atoms with Crippen molar-refractivity contribution in [2.45, 2.75) is 155 Å². The van der Waals surface area contributed by atoms with Crippen molar-refractivity contribution in [3.63, 3.8) is 0 Å². The average molecular weight is 685 g/mol. The molecule has 9 nitrogen and oxygen atoms in total. The van der Waals surface area contributed by atoms with Crippen LogP contribution in [0.1, 0.15) is 143 Å². The zero-order valence-corrected chi connectivity index (χ0v) is 30.3. The molecular formula is C37H65O9P. The molecule has 0 aromatic heterocycles. The van der Waals surface area contributed by atoms with Gasteiger partial charge in [-0.2, -0.15) is 0 Å². The van der Waals surface area contributed by atoms with Crippen LogP contribution in [0.4, 0.5) is 0 Å². The lowest BCUT2D eigenvalue weighted by Crippen LogP contribution is -2.29. The van der Waals surface area contributed by atoms with Gasteiger partial charge in [0, 0.05) is 12.8 Å². The van der Waals surface area contributed by atoms with Crippen LogP contribution in [0.25, 0.3) is 0 Å². The summed E-state index contributed by atoms with van der Waals surface area (Å²) in [6, 6.07) is 0. The fraction of sp³-hybridized carbons (Fsp3) is 0.730. The van der Waals surface area contributed by atoms with Crippen LogP contribution >= 0.6 is 7.82 Å². The molecule has 0 unspecified atom stereocenters. The molecule has 0 bridgehead atoms. The van der Waals surface area contributed by atoms with Crippen molar-refractivity contribution in [2.75, 3.05) is 13.2 Å². The smallest absolute Gasteiger partial charge is 0.462 e. The molecule has 0 saturated carbocycles. The SMILES string of the molecule is CC[C@@H](O)CC/C=C\C/C=C\C/C=C\C/C=C\CCCC(=O)O[C@H](COC(=O)CCCCCCCCCCC(C)C)COP(=O)(O)O. The Kier molecular flexibility index (Phi) is 29.9. The number of rotatable bonds is 31. The van der Waals surface area contributed by atoms with E-state index >= 15 is 0 Å². The number of carbonyl (C=O) groups is 2. The van der Waals surface area contributed by atoms with Crippen molar-refractivity contribution in [3.05, 3.63) is 48.6 Å². The predicted molar refractivity (Wildman–Crippen MR) is 190 cm³/mol. The second-order valence-corrected chi connectivity index (χ2v) is 13.7. The van der Waals surface area contributed by atoms with E-state index in [1.807, 2.05) is 19.1 Å². The quantitative estimate of drug-likeness (QED) is 0.0282. The normalized spacial score (nSPS) is 13.9. The molecule has 3 N–H and O–H groups in total. The Morgan fingerprint density at radius 2 is 1.17 bits per heavy atom. The first-order chi connectivity index (χ1) is 22.5. The van der Waals surface area contributed by atoms with E-state index in [9.17, 15) is 19.3 Å². The van der Waals surface area contributed by atoms with Crippen LogP contribution in [-0.2, 0) is 28.2 Å². The Labute approximate surface area is 285 Å². The molecule has 0 spiro atoms. The molecule has 0 heterocycles. The third-order valence-corrected chi connectivity index (χ3v) is 7.93. The first kappa shape index (κ1) is 45.0. The summed E-state index contributed by atoms with van der Waals surface area (Å²) in [6.07, 6.45) is 32.3. The molecule has 0 aliphatic heterocycles. The second-order valence-electron chi connectivity index (χ2n) is 12.5. The van der Waals surface area contributed by atoms with Gasteiger partial charge in [0.15, 0.2) is 6.10 Å². The lowest BCUT2D eigenvalue weighted by molar-refractivity contribution is -0.161. The van der Waals surface area contributed by atoms with E-state index in [-0.39, 0.29) is 25.6 Å². The van der Waals surface area contributed by atoms with Gasteiger partial charge in [0.1, 0.15) is 6.61 Å². The molecular weight excluding hydrogens is 619 g/mol. The van der Waals surface area contributed by atoms with Crippen molar-refractivity contribution < 1.29 is 43.0 Å². The molecule has 0 fully saturated rings. The molecule has 10 heteroatoms. The monoisotopic (exact) mass is 684 g/mol. The number of phosphoric acid groups is 1. The van der Waals surface area contributed by atoms with Gasteiger partial charge in [-0.25, -0.2) is 4.57 Å². The maximum absolute atomic E-state index is 12.3. The van der Waals surface area contributed by atoms with Crippen LogP contribution in [0.2, 0.25) is 0 Å². The van der Waals surface area contributed by atoms with Gasteiger partial charge in [-0.3, -0.25) is 14.1 Å². The Morgan fingerprint density at radius 3 is 1.72 bits per heavy atom. The van der Waals surface area contributed by atoms with Crippen LogP contribution < -0.4 is 0 Å². The summed E-state index contributed by atoms with van der Waals surface area (Å²) in [5.74, 6) is -0.208. The Bertz CT molecular complexity index is 936. The van der Waals surface area contributed by atoms with Crippen LogP contribution in [0.3, 0.4) is 0 Å². The third-order valence-electron chi connectivity index (χ3n) is 7.44. The molecule has 0 aliphatic rings. The Hall–Kier alpha value is -2.03. The number of aliphatic hydroxyl groups excluding tert-OH is 1. The number of carbonyl (C=O) groups excluding carboxylic acids is 2. The van der Waals surface area contributed by atoms with Gasteiger partial charge < -0.3 is 24.4 Å². The summed E-state index contributed by atoms with van der Waals surface area (Å²) in [4.78, 5) is 42.6. The molecule has 0 saturated heterocycles. The van der Waals surface area contributed by atoms with E-state index in [1.165, 1.54) is 32.1 Å². The maximum Gasteiger partial charge on any atom is 0.469 e. The molecule has 0 aromatic rings. The standard InChI is InChI=1S/C37H65O9P/c1-4-34(38)28-24-20-16-11-9-7-5-6-8-10-12-18-22-26-30-37(40)46-35(32-45-47(41,42)43)31-44-36(39)29-25-21-17-14-13-15-19-23-27-33(2)3/h6-9,12,16,18,20,33-35,38H,4-5,10-11,13-15,17,19,21-32H2,1-3H3,(H2,41,42,43)/b8-6-,9-7-,18-12-,20-16-/t34-,35-/m1/s1. The highest BCUT2D eigenvalue weighted by Crippen LogP contribution is 2.35. The van der Waals surface area contributed by atoms with Gasteiger partial charge in [-0.1, -0.05) is 121 Å². The first-order valence-electron chi connectivity index (χ1n) is 17.9. The summed E-state index contributed by atoms with van der Waals surface area (Å²) >= 11 is 0. The van der Waals surface area contributed by atoms with E-state index < -0.39 is 32.5 Å². The van der Waals surface area contributed by atoms with Crippen LogP contribution in [-0.4, -0.2) is 52.3 Å². The Morgan fingerprint density at radius 1 is 0.660 bits per heavy atom. The van der Waals surface area contributed by atoms with Crippen molar-refractivity contribution in [2.24, 2.45) is 5.92 Å². The number of esters is 2. The lowest BCUT2D eigenvalue weighted by Gasteiger charge is -2.18.